The minimum absolute atomic E-state index is 0.0620. The number of nitrogens with zero attached hydrogens (tertiary/aromatic N) is 3. The molecule has 0 saturated heterocycles. The zero-order chi connectivity index (χ0) is 15.8. The normalized spacial score (nSPS) is 11.4. The number of hydrogen-bond donors (Lipinski definition) is 1. The van der Waals surface area contributed by atoms with Crippen LogP contribution in [0.3, 0.4) is 0 Å². The number of halogens is 5. The second-order valence-electron chi connectivity index (χ2n) is 4.12. The molecule has 0 aliphatic rings. The third kappa shape index (κ3) is 3.06. The average Bonchev–Trinajstić information content (AvgIpc) is 2.71. The molecule has 21 heavy (non-hydrogen) atoms. The van der Waals surface area contributed by atoms with Crippen molar-refractivity contribution < 1.29 is 13.2 Å². The van der Waals surface area contributed by atoms with Crippen LogP contribution in [-0.2, 0) is 12.7 Å². The van der Waals surface area contributed by atoms with Gasteiger partial charge >= 0.3 is 6.18 Å². The summed E-state index contributed by atoms with van der Waals surface area (Å²) in [4.78, 5) is 0. The number of aromatic nitrogens is 2. The summed E-state index contributed by atoms with van der Waals surface area (Å²) in [6, 6.07) is 6.00. The lowest BCUT2D eigenvalue weighted by Crippen LogP contribution is -2.10. The molecule has 2 aromatic rings. The van der Waals surface area contributed by atoms with E-state index in [0.29, 0.717) is 10.6 Å². The SMILES string of the molecule is N#Cc1c(C(F)(F)F)nn(Cc2ccc(Cl)c(Cl)c2)c1N. The second-order valence-corrected chi connectivity index (χ2v) is 4.94. The van der Waals surface area contributed by atoms with Crippen molar-refractivity contribution in [2.24, 2.45) is 0 Å². The molecule has 4 nitrogen and oxygen atoms in total. The monoisotopic (exact) mass is 334 g/mol. The quantitative estimate of drug-likeness (QED) is 0.910. The topological polar surface area (TPSA) is 67.6 Å². The van der Waals surface area contributed by atoms with Gasteiger partial charge in [0.15, 0.2) is 5.69 Å². The summed E-state index contributed by atoms with van der Waals surface area (Å²) >= 11 is 11.6. The van der Waals surface area contributed by atoms with Crippen molar-refractivity contribution in [2.75, 3.05) is 5.73 Å². The Kier molecular flexibility index (Phi) is 4.03. The number of nitrogen functional groups attached to an aromatic ring is 1. The summed E-state index contributed by atoms with van der Waals surface area (Å²) < 4.78 is 39.2. The highest BCUT2D eigenvalue weighted by Crippen LogP contribution is 2.33. The highest BCUT2D eigenvalue weighted by Gasteiger charge is 2.39. The molecule has 1 aromatic carbocycles. The molecule has 110 valence electrons. The summed E-state index contributed by atoms with van der Waals surface area (Å²) in [5.41, 5.74) is 4.10. The molecule has 0 aliphatic carbocycles. The predicted molar refractivity (Wildman–Crippen MR) is 71.9 cm³/mol. The van der Waals surface area contributed by atoms with E-state index in [1.165, 1.54) is 18.2 Å². The Morgan fingerprint density at radius 1 is 1.29 bits per heavy atom. The number of benzene rings is 1. The van der Waals surface area contributed by atoms with Gasteiger partial charge in [-0.1, -0.05) is 29.3 Å². The molecule has 2 N–H and O–H groups in total. The van der Waals surface area contributed by atoms with Crippen LogP contribution in [0.4, 0.5) is 19.0 Å². The first-order chi connectivity index (χ1) is 9.74. The smallest absolute Gasteiger partial charge is 0.383 e. The molecule has 0 saturated carbocycles. The van der Waals surface area contributed by atoms with E-state index in [4.69, 9.17) is 34.2 Å². The van der Waals surface area contributed by atoms with Crippen LogP contribution >= 0.6 is 23.2 Å². The molecule has 0 bridgehead atoms. The first-order valence-corrected chi connectivity index (χ1v) is 6.27. The van der Waals surface area contributed by atoms with Crippen molar-refractivity contribution in [1.82, 2.24) is 9.78 Å². The number of hydrogen-bond acceptors (Lipinski definition) is 3. The molecule has 2 rings (SSSR count). The number of nitriles is 1. The van der Waals surface area contributed by atoms with Gasteiger partial charge < -0.3 is 5.73 Å². The third-order valence-electron chi connectivity index (χ3n) is 2.69. The lowest BCUT2D eigenvalue weighted by atomic mass is 10.2. The first kappa shape index (κ1) is 15.5. The molecule has 1 heterocycles. The Balaban J connectivity index is 2.44. The van der Waals surface area contributed by atoms with Crippen LogP contribution in [0.2, 0.25) is 10.0 Å². The molecule has 1 aromatic heterocycles. The number of anilines is 1. The minimum atomic E-state index is -4.75. The lowest BCUT2D eigenvalue weighted by molar-refractivity contribution is -0.141. The highest BCUT2D eigenvalue weighted by atomic mass is 35.5. The summed E-state index contributed by atoms with van der Waals surface area (Å²) in [5.74, 6) is -0.351. The molecule has 0 spiro atoms. The first-order valence-electron chi connectivity index (χ1n) is 5.51. The number of rotatable bonds is 2. The lowest BCUT2D eigenvalue weighted by Gasteiger charge is -2.05. The molecule has 0 atom stereocenters. The fourth-order valence-corrected chi connectivity index (χ4v) is 2.04. The van der Waals surface area contributed by atoms with E-state index in [2.05, 4.69) is 5.10 Å². The van der Waals surface area contributed by atoms with Gasteiger partial charge in [-0.25, -0.2) is 4.68 Å². The van der Waals surface area contributed by atoms with Crippen LogP contribution in [0, 0.1) is 11.3 Å². The van der Waals surface area contributed by atoms with Gasteiger partial charge in [0.25, 0.3) is 0 Å². The van der Waals surface area contributed by atoms with Gasteiger partial charge in [-0.05, 0) is 17.7 Å². The molecule has 0 aliphatic heterocycles. The standard InChI is InChI=1S/C12H7Cl2F3N4/c13-8-2-1-6(3-9(8)14)5-21-11(19)7(4-18)10(20-21)12(15,16)17/h1-3H,5,19H2. The van der Waals surface area contributed by atoms with Gasteiger partial charge in [0, 0.05) is 0 Å². The Hall–Kier alpha value is -1.91. The molecule has 9 heteroatoms. The van der Waals surface area contributed by atoms with Gasteiger partial charge in [-0.15, -0.1) is 0 Å². The van der Waals surface area contributed by atoms with Crippen molar-refractivity contribution in [3.05, 3.63) is 45.1 Å². The van der Waals surface area contributed by atoms with Crippen LogP contribution in [-0.4, -0.2) is 9.78 Å². The largest absolute Gasteiger partial charge is 0.436 e. The van der Waals surface area contributed by atoms with E-state index >= 15 is 0 Å². The summed E-state index contributed by atoms with van der Waals surface area (Å²) in [5, 5.41) is 12.8. The third-order valence-corrected chi connectivity index (χ3v) is 3.43. The Labute approximate surface area is 127 Å². The van der Waals surface area contributed by atoms with Crippen molar-refractivity contribution in [2.45, 2.75) is 12.7 Å². The Bertz CT molecular complexity index is 731. The fraction of sp³-hybridized carbons (Fsp3) is 0.167. The second kappa shape index (κ2) is 5.47. The van der Waals surface area contributed by atoms with Crippen molar-refractivity contribution in [3.8, 4) is 6.07 Å². The minimum Gasteiger partial charge on any atom is -0.383 e. The van der Waals surface area contributed by atoms with Crippen molar-refractivity contribution >= 4 is 29.0 Å². The Morgan fingerprint density at radius 2 is 1.95 bits per heavy atom. The van der Waals surface area contributed by atoms with Crippen LogP contribution < -0.4 is 5.73 Å². The van der Waals surface area contributed by atoms with Gasteiger partial charge in [-0.3, -0.25) is 0 Å². The molecule has 0 unspecified atom stereocenters. The van der Waals surface area contributed by atoms with Gasteiger partial charge in [-0.2, -0.15) is 23.5 Å². The molecular weight excluding hydrogens is 328 g/mol. The van der Waals surface area contributed by atoms with Gasteiger partial charge in [0.2, 0.25) is 0 Å². The van der Waals surface area contributed by atoms with E-state index in [-0.39, 0.29) is 17.4 Å². The Morgan fingerprint density at radius 3 is 2.43 bits per heavy atom. The summed E-state index contributed by atoms with van der Waals surface area (Å²) in [6.07, 6.45) is -4.75. The van der Waals surface area contributed by atoms with Crippen LogP contribution in [0.25, 0.3) is 0 Å². The average molecular weight is 335 g/mol. The van der Waals surface area contributed by atoms with Crippen molar-refractivity contribution in [1.29, 1.82) is 5.26 Å². The molecule has 0 radical (unpaired) electrons. The van der Waals surface area contributed by atoms with E-state index in [1.54, 1.807) is 6.07 Å². The van der Waals surface area contributed by atoms with Crippen LogP contribution in [0.5, 0.6) is 0 Å². The maximum Gasteiger partial charge on any atom is 0.436 e. The molecular formula is C12H7Cl2F3N4. The maximum atomic E-state index is 12.8. The molecule has 0 fully saturated rings. The van der Waals surface area contributed by atoms with Gasteiger partial charge in [0.1, 0.15) is 17.5 Å². The predicted octanol–water partition coefficient (Wildman–Crippen LogP) is 3.71. The zero-order valence-electron chi connectivity index (χ0n) is 10.2. The number of alkyl halides is 3. The van der Waals surface area contributed by atoms with E-state index in [9.17, 15) is 13.2 Å². The van der Waals surface area contributed by atoms with Crippen LogP contribution in [0.1, 0.15) is 16.8 Å². The fourth-order valence-electron chi connectivity index (χ4n) is 1.72. The zero-order valence-corrected chi connectivity index (χ0v) is 11.8. The van der Waals surface area contributed by atoms with Gasteiger partial charge in [0.05, 0.1) is 16.6 Å². The maximum absolute atomic E-state index is 12.8. The van der Waals surface area contributed by atoms with Crippen LogP contribution in [0.15, 0.2) is 18.2 Å². The van der Waals surface area contributed by atoms with E-state index < -0.39 is 17.4 Å². The highest BCUT2D eigenvalue weighted by molar-refractivity contribution is 6.42. The number of nitrogens with two attached hydrogens (primary N) is 1. The molecule has 0 amide bonds. The summed E-state index contributed by atoms with van der Waals surface area (Å²) in [6.45, 7) is -0.0620. The summed E-state index contributed by atoms with van der Waals surface area (Å²) in [7, 11) is 0. The van der Waals surface area contributed by atoms with E-state index in [0.717, 1.165) is 4.68 Å². The van der Waals surface area contributed by atoms with E-state index in [1.807, 2.05) is 0 Å². The van der Waals surface area contributed by atoms with Crippen molar-refractivity contribution in [3.63, 3.8) is 0 Å².